The molecule has 2 N–H and O–H groups in total. The van der Waals surface area contributed by atoms with Crippen molar-refractivity contribution >= 4 is 0 Å². The van der Waals surface area contributed by atoms with Gasteiger partial charge in [0.2, 0.25) is 0 Å². The van der Waals surface area contributed by atoms with Crippen molar-refractivity contribution in [1.82, 2.24) is 0 Å². The Bertz CT molecular complexity index is 380. The molecule has 0 saturated heterocycles. The Morgan fingerprint density at radius 1 is 1.15 bits per heavy atom. The van der Waals surface area contributed by atoms with Gasteiger partial charge in [0.25, 0.3) is 0 Å². The first-order chi connectivity index (χ1) is 9.69. The molecule has 0 fully saturated rings. The van der Waals surface area contributed by atoms with Crippen LogP contribution < -0.4 is 15.2 Å². The summed E-state index contributed by atoms with van der Waals surface area (Å²) >= 11 is 0. The predicted molar refractivity (Wildman–Crippen MR) is 81.6 cm³/mol. The number of benzene rings is 1. The SMILES string of the molecule is CCOc1cccc(CC(C)N)c1OCCCCOC. The number of hydrogen-bond donors (Lipinski definition) is 1. The van der Waals surface area contributed by atoms with Gasteiger partial charge in [-0.25, -0.2) is 0 Å². The standard InChI is InChI=1S/C16H27NO3/c1-4-19-15-9-7-8-14(12-13(2)17)16(15)20-11-6-5-10-18-3/h7-9,13H,4-6,10-12,17H2,1-3H3. The largest absolute Gasteiger partial charge is 0.490 e. The lowest BCUT2D eigenvalue weighted by Gasteiger charge is -2.17. The van der Waals surface area contributed by atoms with Gasteiger partial charge in [-0.3, -0.25) is 0 Å². The van der Waals surface area contributed by atoms with Crippen molar-refractivity contribution < 1.29 is 14.2 Å². The van der Waals surface area contributed by atoms with Gasteiger partial charge < -0.3 is 19.9 Å². The van der Waals surface area contributed by atoms with E-state index >= 15 is 0 Å². The second-order valence-corrected chi connectivity index (χ2v) is 4.91. The van der Waals surface area contributed by atoms with E-state index in [4.69, 9.17) is 19.9 Å². The van der Waals surface area contributed by atoms with Crippen LogP contribution in [-0.4, -0.2) is 33.0 Å². The molecule has 0 saturated carbocycles. The van der Waals surface area contributed by atoms with Crippen molar-refractivity contribution in [3.8, 4) is 11.5 Å². The maximum atomic E-state index is 5.93. The molecule has 1 aromatic carbocycles. The molecule has 0 aliphatic heterocycles. The molecule has 114 valence electrons. The topological polar surface area (TPSA) is 53.7 Å². The average molecular weight is 281 g/mol. The summed E-state index contributed by atoms with van der Waals surface area (Å²) in [6.45, 7) is 6.03. The molecule has 0 heterocycles. The zero-order chi connectivity index (χ0) is 14.8. The minimum atomic E-state index is 0.0997. The fourth-order valence-electron chi connectivity index (χ4n) is 2.02. The fraction of sp³-hybridized carbons (Fsp3) is 0.625. The summed E-state index contributed by atoms with van der Waals surface area (Å²) in [5.41, 5.74) is 7.01. The number of ether oxygens (including phenoxy) is 3. The number of methoxy groups -OCH3 is 1. The predicted octanol–water partition coefficient (Wildman–Crippen LogP) is 2.78. The van der Waals surface area contributed by atoms with Crippen LogP contribution in [0.2, 0.25) is 0 Å². The van der Waals surface area contributed by atoms with Gasteiger partial charge >= 0.3 is 0 Å². The monoisotopic (exact) mass is 281 g/mol. The van der Waals surface area contributed by atoms with Crippen LogP contribution in [0.25, 0.3) is 0 Å². The molecule has 0 amide bonds. The Balaban J connectivity index is 2.71. The quantitative estimate of drug-likeness (QED) is 0.670. The van der Waals surface area contributed by atoms with Crippen LogP contribution in [-0.2, 0) is 11.2 Å². The molecular weight excluding hydrogens is 254 g/mol. The molecule has 0 bridgehead atoms. The maximum Gasteiger partial charge on any atom is 0.164 e. The smallest absolute Gasteiger partial charge is 0.164 e. The summed E-state index contributed by atoms with van der Waals surface area (Å²) in [5.74, 6) is 1.64. The highest BCUT2D eigenvalue weighted by molar-refractivity contribution is 5.47. The molecule has 0 aromatic heterocycles. The van der Waals surface area contributed by atoms with Crippen LogP contribution in [0.5, 0.6) is 11.5 Å². The van der Waals surface area contributed by atoms with Gasteiger partial charge in [0, 0.05) is 19.8 Å². The third-order valence-corrected chi connectivity index (χ3v) is 2.89. The Hall–Kier alpha value is -1.26. The minimum Gasteiger partial charge on any atom is -0.490 e. The van der Waals surface area contributed by atoms with E-state index in [2.05, 4.69) is 6.07 Å². The van der Waals surface area contributed by atoms with Gasteiger partial charge in [0.15, 0.2) is 11.5 Å². The van der Waals surface area contributed by atoms with Crippen LogP contribution >= 0.6 is 0 Å². The summed E-state index contributed by atoms with van der Waals surface area (Å²) in [4.78, 5) is 0. The zero-order valence-corrected chi connectivity index (χ0v) is 12.9. The molecule has 0 aliphatic carbocycles. The molecule has 4 nitrogen and oxygen atoms in total. The molecule has 1 aromatic rings. The first kappa shape index (κ1) is 16.8. The first-order valence-corrected chi connectivity index (χ1v) is 7.31. The summed E-state index contributed by atoms with van der Waals surface area (Å²) in [7, 11) is 1.71. The molecule has 1 rings (SSSR count). The van der Waals surface area contributed by atoms with Crippen LogP contribution in [0, 0.1) is 0 Å². The van der Waals surface area contributed by atoms with Crippen molar-refractivity contribution in [2.24, 2.45) is 5.73 Å². The van der Waals surface area contributed by atoms with Crippen molar-refractivity contribution in [3.05, 3.63) is 23.8 Å². The normalized spacial score (nSPS) is 12.2. The van der Waals surface area contributed by atoms with Gasteiger partial charge in [-0.1, -0.05) is 12.1 Å². The summed E-state index contributed by atoms with van der Waals surface area (Å²) in [5, 5.41) is 0. The fourth-order valence-corrected chi connectivity index (χ4v) is 2.02. The highest BCUT2D eigenvalue weighted by Crippen LogP contribution is 2.32. The molecule has 0 aliphatic rings. The van der Waals surface area contributed by atoms with Crippen LogP contribution in [0.1, 0.15) is 32.3 Å². The van der Waals surface area contributed by atoms with Crippen LogP contribution in [0.15, 0.2) is 18.2 Å². The highest BCUT2D eigenvalue weighted by atomic mass is 16.5. The summed E-state index contributed by atoms with van der Waals surface area (Å²) in [6.07, 6.45) is 2.75. The lowest BCUT2D eigenvalue weighted by Crippen LogP contribution is -2.18. The van der Waals surface area contributed by atoms with Crippen molar-refractivity contribution in [2.75, 3.05) is 26.9 Å². The third kappa shape index (κ3) is 5.80. The van der Waals surface area contributed by atoms with Gasteiger partial charge in [0.05, 0.1) is 13.2 Å². The Morgan fingerprint density at radius 2 is 1.90 bits per heavy atom. The second-order valence-electron chi connectivity index (χ2n) is 4.91. The number of rotatable bonds is 10. The Labute approximate surface area is 122 Å². The average Bonchev–Trinajstić information content (AvgIpc) is 2.40. The number of para-hydroxylation sites is 1. The lowest BCUT2D eigenvalue weighted by molar-refractivity contribution is 0.182. The van der Waals surface area contributed by atoms with E-state index in [1.807, 2.05) is 26.0 Å². The molecule has 4 heteroatoms. The molecule has 1 unspecified atom stereocenters. The number of unbranched alkanes of at least 4 members (excludes halogenated alkanes) is 1. The van der Waals surface area contributed by atoms with E-state index in [0.29, 0.717) is 13.2 Å². The van der Waals surface area contributed by atoms with E-state index in [0.717, 1.165) is 42.9 Å². The van der Waals surface area contributed by atoms with E-state index in [1.54, 1.807) is 7.11 Å². The second kappa shape index (κ2) is 9.61. The first-order valence-electron chi connectivity index (χ1n) is 7.31. The van der Waals surface area contributed by atoms with Crippen molar-refractivity contribution in [3.63, 3.8) is 0 Å². The van der Waals surface area contributed by atoms with Gasteiger partial charge in [0.1, 0.15) is 0 Å². The Kier molecular flexibility index (Phi) is 8.07. The van der Waals surface area contributed by atoms with E-state index in [9.17, 15) is 0 Å². The van der Waals surface area contributed by atoms with Crippen molar-refractivity contribution in [1.29, 1.82) is 0 Å². The summed E-state index contributed by atoms with van der Waals surface area (Å²) < 4.78 is 16.6. The number of nitrogens with two attached hydrogens (primary N) is 1. The van der Waals surface area contributed by atoms with E-state index in [1.165, 1.54) is 0 Å². The molecule has 0 spiro atoms. The maximum absolute atomic E-state index is 5.93. The lowest BCUT2D eigenvalue weighted by atomic mass is 10.1. The molecule has 0 radical (unpaired) electrons. The van der Waals surface area contributed by atoms with Crippen molar-refractivity contribution in [2.45, 2.75) is 39.2 Å². The van der Waals surface area contributed by atoms with Gasteiger partial charge in [-0.15, -0.1) is 0 Å². The molecule has 20 heavy (non-hydrogen) atoms. The highest BCUT2D eigenvalue weighted by Gasteiger charge is 2.12. The van der Waals surface area contributed by atoms with Gasteiger partial charge in [-0.2, -0.15) is 0 Å². The summed E-state index contributed by atoms with van der Waals surface area (Å²) in [6, 6.07) is 6.08. The van der Waals surface area contributed by atoms with E-state index in [-0.39, 0.29) is 6.04 Å². The van der Waals surface area contributed by atoms with Crippen LogP contribution in [0.4, 0.5) is 0 Å². The Morgan fingerprint density at radius 3 is 2.55 bits per heavy atom. The third-order valence-electron chi connectivity index (χ3n) is 2.89. The van der Waals surface area contributed by atoms with Gasteiger partial charge in [-0.05, 0) is 44.7 Å². The number of hydrogen-bond acceptors (Lipinski definition) is 4. The van der Waals surface area contributed by atoms with Crippen LogP contribution in [0.3, 0.4) is 0 Å². The minimum absolute atomic E-state index is 0.0997. The molecule has 1 atom stereocenters. The van der Waals surface area contributed by atoms with E-state index < -0.39 is 0 Å². The zero-order valence-electron chi connectivity index (χ0n) is 12.9. The molecular formula is C16H27NO3.